The van der Waals surface area contributed by atoms with Crippen LogP contribution in [0.15, 0.2) is 42.5 Å². The zero-order chi connectivity index (χ0) is 13.1. The lowest BCUT2D eigenvalue weighted by Crippen LogP contribution is -1.93. The maximum atomic E-state index is 11.0. The van der Waals surface area contributed by atoms with Crippen LogP contribution in [0.4, 0.5) is 5.69 Å². The molecule has 2 aromatic carbocycles. The molecule has 0 saturated heterocycles. The Labute approximate surface area is 108 Å². The summed E-state index contributed by atoms with van der Waals surface area (Å²) in [6.45, 7) is 0. The Balaban J connectivity index is 2.58. The van der Waals surface area contributed by atoms with Crippen LogP contribution in [-0.4, -0.2) is 11.2 Å². The fourth-order valence-electron chi connectivity index (χ4n) is 1.68. The van der Waals surface area contributed by atoms with Gasteiger partial charge in [0.25, 0.3) is 5.69 Å². The van der Waals surface area contributed by atoms with Crippen molar-refractivity contribution in [3.8, 4) is 11.1 Å². The fraction of sp³-hybridized carbons (Fsp3) is 0. The van der Waals surface area contributed by atoms with Gasteiger partial charge in [-0.25, -0.2) is 0 Å². The summed E-state index contributed by atoms with van der Waals surface area (Å²) in [5, 5.41) is 11.2. The first kappa shape index (κ1) is 12.3. The number of carbonyl (C=O) groups is 1. The molecule has 0 radical (unpaired) electrons. The van der Waals surface area contributed by atoms with E-state index >= 15 is 0 Å². The Kier molecular flexibility index (Phi) is 3.39. The standard InChI is InChI=1S/C13H8ClNO3/c14-11-3-1-2-9(6-11)13-5-4-12(15(17)18)7-10(13)8-16/h1-8H. The van der Waals surface area contributed by atoms with Gasteiger partial charge in [-0.05, 0) is 29.3 Å². The largest absolute Gasteiger partial charge is 0.298 e. The van der Waals surface area contributed by atoms with Gasteiger partial charge in [-0.15, -0.1) is 0 Å². The molecule has 90 valence electrons. The van der Waals surface area contributed by atoms with E-state index in [9.17, 15) is 14.9 Å². The molecule has 0 amide bonds. The lowest BCUT2D eigenvalue weighted by atomic mass is 10.00. The van der Waals surface area contributed by atoms with Crippen LogP contribution in [-0.2, 0) is 0 Å². The van der Waals surface area contributed by atoms with Crippen molar-refractivity contribution in [2.45, 2.75) is 0 Å². The summed E-state index contributed by atoms with van der Waals surface area (Å²) in [6.07, 6.45) is 0.600. The van der Waals surface area contributed by atoms with Crippen molar-refractivity contribution >= 4 is 23.6 Å². The number of hydrogen-bond donors (Lipinski definition) is 0. The van der Waals surface area contributed by atoms with Crippen LogP contribution < -0.4 is 0 Å². The minimum absolute atomic E-state index is 0.108. The van der Waals surface area contributed by atoms with Gasteiger partial charge in [0.2, 0.25) is 0 Å². The molecule has 0 saturated carbocycles. The molecule has 4 nitrogen and oxygen atoms in total. The number of nitro groups is 1. The Morgan fingerprint density at radius 1 is 1.17 bits per heavy atom. The van der Waals surface area contributed by atoms with E-state index in [0.717, 1.165) is 5.56 Å². The highest BCUT2D eigenvalue weighted by Gasteiger charge is 2.11. The maximum Gasteiger partial charge on any atom is 0.270 e. The molecule has 2 aromatic rings. The van der Waals surface area contributed by atoms with E-state index in [2.05, 4.69) is 0 Å². The number of hydrogen-bond acceptors (Lipinski definition) is 3. The highest BCUT2D eigenvalue weighted by Crippen LogP contribution is 2.28. The van der Waals surface area contributed by atoms with Gasteiger partial charge in [-0.3, -0.25) is 14.9 Å². The van der Waals surface area contributed by atoms with Gasteiger partial charge < -0.3 is 0 Å². The van der Waals surface area contributed by atoms with Crippen molar-refractivity contribution in [3.05, 3.63) is 63.2 Å². The second-order valence-corrected chi connectivity index (χ2v) is 4.09. The van der Waals surface area contributed by atoms with E-state index in [0.29, 0.717) is 16.9 Å². The van der Waals surface area contributed by atoms with Crippen molar-refractivity contribution in [3.63, 3.8) is 0 Å². The molecule has 0 bridgehead atoms. The molecule has 0 spiro atoms. The zero-order valence-electron chi connectivity index (χ0n) is 9.17. The second kappa shape index (κ2) is 4.98. The highest BCUT2D eigenvalue weighted by atomic mass is 35.5. The number of halogens is 1. The van der Waals surface area contributed by atoms with Gasteiger partial charge in [0, 0.05) is 22.7 Å². The lowest BCUT2D eigenvalue weighted by molar-refractivity contribution is -0.384. The van der Waals surface area contributed by atoms with Crippen LogP contribution >= 0.6 is 11.6 Å². The predicted molar refractivity (Wildman–Crippen MR) is 68.9 cm³/mol. The number of benzene rings is 2. The summed E-state index contributed by atoms with van der Waals surface area (Å²) in [4.78, 5) is 21.1. The monoisotopic (exact) mass is 261 g/mol. The van der Waals surface area contributed by atoms with Crippen molar-refractivity contribution in [1.82, 2.24) is 0 Å². The number of non-ortho nitro benzene ring substituents is 1. The highest BCUT2D eigenvalue weighted by molar-refractivity contribution is 6.30. The van der Waals surface area contributed by atoms with Gasteiger partial charge in [0.1, 0.15) is 0 Å². The van der Waals surface area contributed by atoms with E-state index in [1.807, 2.05) is 0 Å². The Morgan fingerprint density at radius 2 is 1.94 bits per heavy atom. The SMILES string of the molecule is O=Cc1cc([N+](=O)[O-])ccc1-c1cccc(Cl)c1. The summed E-state index contributed by atoms with van der Waals surface area (Å²) in [7, 11) is 0. The minimum Gasteiger partial charge on any atom is -0.298 e. The van der Waals surface area contributed by atoms with Gasteiger partial charge >= 0.3 is 0 Å². The van der Waals surface area contributed by atoms with E-state index < -0.39 is 4.92 Å². The molecule has 0 aliphatic carbocycles. The number of carbonyl (C=O) groups excluding carboxylic acids is 1. The molecule has 0 fully saturated rings. The van der Waals surface area contributed by atoms with Crippen molar-refractivity contribution in [2.24, 2.45) is 0 Å². The summed E-state index contributed by atoms with van der Waals surface area (Å²) in [6, 6.07) is 11.1. The topological polar surface area (TPSA) is 60.2 Å². The molecular weight excluding hydrogens is 254 g/mol. The third kappa shape index (κ3) is 2.38. The zero-order valence-corrected chi connectivity index (χ0v) is 9.92. The number of nitro benzene ring substituents is 1. The summed E-state index contributed by atoms with van der Waals surface area (Å²) >= 11 is 5.88. The summed E-state index contributed by atoms with van der Waals surface area (Å²) in [5.74, 6) is 0. The summed E-state index contributed by atoms with van der Waals surface area (Å²) < 4.78 is 0. The first-order valence-electron chi connectivity index (χ1n) is 5.11. The molecular formula is C13H8ClNO3. The van der Waals surface area contributed by atoms with Crippen LogP contribution in [0, 0.1) is 10.1 Å². The molecule has 5 heteroatoms. The molecule has 0 aromatic heterocycles. The van der Waals surface area contributed by atoms with E-state index in [4.69, 9.17) is 11.6 Å². The average Bonchev–Trinajstić information content (AvgIpc) is 2.37. The van der Waals surface area contributed by atoms with E-state index in [-0.39, 0.29) is 11.3 Å². The molecule has 18 heavy (non-hydrogen) atoms. The second-order valence-electron chi connectivity index (χ2n) is 3.66. The van der Waals surface area contributed by atoms with Crippen molar-refractivity contribution in [1.29, 1.82) is 0 Å². The smallest absolute Gasteiger partial charge is 0.270 e. The fourth-order valence-corrected chi connectivity index (χ4v) is 1.87. The van der Waals surface area contributed by atoms with Crippen molar-refractivity contribution < 1.29 is 9.72 Å². The Hall–Kier alpha value is -2.20. The normalized spacial score (nSPS) is 10.1. The Morgan fingerprint density at radius 3 is 2.56 bits per heavy atom. The molecule has 0 aliphatic heterocycles. The van der Waals surface area contributed by atoms with E-state index in [1.54, 1.807) is 30.3 Å². The third-order valence-corrected chi connectivity index (χ3v) is 2.74. The predicted octanol–water partition coefficient (Wildman–Crippen LogP) is 3.73. The van der Waals surface area contributed by atoms with E-state index in [1.165, 1.54) is 12.1 Å². The maximum absolute atomic E-state index is 11.0. The number of nitrogens with zero attached hydrogens (tertiary/aromatic N) is 1. The number of aldehydes is 1. The van der Waals surface area contributed by atoms with Gasteiger partial charge in [0.15, 0.2) is 6.29 Å². The molecule has 2 rings (SSSR count). The van der Waals surface area contributed by atoms with Crippen LogP contribution in [0.5, 0.6) is 0 Å². The van der Waals surface area contributed by atoms with Gasteiger partial charge in [-0.2, -0.15) is 0 Å². The molecule has 0 aliphatic rings. The third-order valence-electron chi connectivity index (χ3n) is 2.51. The quantitative estimate of drug-likeness (QED) is 0.480. The van der Waals surface area contributed by atoms with Crippen LogP contribution in [0.1, 0.15) is 10.4 Å². The first-order chi connectivity index (χ1) is 8.61. The van der Waals surface area contributed by atoms with Crippen molar-refractivity contribution in [2.75, 3.05) is 0 Å². The molecule has 0 unspecified atom stereocenters. The molecule has 0 atom stereocenters. The van der Waals surface area contributed by atoms with Gasteiger partial charge in [-0.1, -0.05) is 23.7 Å². The molecule has 0 heterocycles. The summed E-state index contributed by atoms with van der Waals surface area (Å²) in [5.41, 5.74) is 1.53. The first-order valence-corrected chi connectivity index (χ1v) is 5.49. The lowest BCUT2D eigenvalue weighted by Gasteiger charge is -2.05. The Bertz CT molecular complexity index is 625. The van der Waals surface area contributed by atoms with Crippen LogP contribution in [0.2, 0.25) is 5.02 Å². The van der Waals surface area contributed by atoms with Crippen LogP contribution in [0.3, 0.4) is 0 Å². The minimum atomic E-state index is -0.533. The number of rotatable bonds is 3. The average molecular weight is 262 g/mol. The van der Waals surface area contributed by atoms with Crippen LogP contribution in [0.25, 0.3) is 11.1 Å². The van der Waals surface area contributed by atoms with Gasteiger partial charge in [0.05, 0.1) is 4.92 Å². The molecule has 0 N–H and O–H groups in total.